The lowest BCUT2D eigenvalue weighted by atomic mass is 10.0. The van der Waals surface area contributed by atoms with Gasteiger partial charge in [0, 0.05) is 19.0 Å². The molecule has 0 spiro atoms. The standard InChI is InChI=1S/C17H23NO/c1-13-6-5-10-18(11-9-13)17(19)16-12-15(16)14-7-3-2-4-8-14/h2-4,7-8,13,15-16H,5-6,9-12H2,1H3. The molecule has 3 unspecified atom stereocenters. The molecular weight excluding hydrogens is 234 g/mol. The molecular formula is C17H23NO. The molecule has 2 aliphatic rings. The van der Waals surface area contributed by atoms with Gasteiger partial charge in [0.25, 0.3) is 0 Å². The molecule has 1 aromatic carbocycles. The van der Waals surface area contributed by atoms with Gasteiger partial charge < -0.3 is 4.90 Å². The van der Waals surface area contributed by atoms with Gasteiger partial charge >= 0.3 is 0 Å². The van der Waals surface area contributed by atoms with Gasteiger partial charge in [-0.3, -0.25) is 4.79 Å². The molecule has 102 valence electrons. The predicted octanol–water partition coefficient (Wildman–Crippen LogP) is 3.44. The molecule has 0 radical (unpaired) electrons. The second-order valence-electron chi connectivity index (χ2n) is 6.22. The minimum Gasteiger partial charge on any atom is -0.342 e. The molecule has 3 rings (SSSR count). The first kappa shape index (κ1) is 12.7. The van der Waals surface area contributed by atoms with Gasteiger partial charge in [0.2, 0.25) is 5.91 Å². The summed E-state index contributed by atoms with van der Waals surface area (Å²) in [5.74, 6) is 1.93. The summed E-state index contributed by atoms with van der Waals surface area (Å²) in [5, 5.41) is 0. The van der Waals surface area contributed by atoms with Crippen molar-refractivity contribution in [2.24, 2.45) is 11.8 Å². The third-order valence-electron chi connectivity index (χ3n) is 4.66. The number of hydrogen-bond acceptors (Lipinski definition) is 1. The van der Waals surface area contributed by atoms with Crippen LogP contribution in [0, 0.1) is 11.8 Å². The van der Waals surface area contributed by atoms with E-state index in [1.807, 2.05) is 6.07 Å². The Labute approximate surface area is 115 Å². The summed E-state index contributed by atoms with van der Waals surface area (Å²) in [4.78, 5) is 14.7. The summed E-state index contributed by atoms with van der Waals surface area (Å²) < 4.78 is 0. The molecule has 1 heterocycles. The zero-order valence-corrected chi connectivity index (χ0v) is 11.7. The molecule has 1 saturated heterocycles. The second kappa shape index (κ2) is 5.36. The van der Waals surface area contributed by atoms with Gasteiger partial charge in [0.05, 0.1) is 0 Å². The Bertz CT molecular complexity index is 442. The van der Waals surface area contributed by atoms with E-state index >= 15 is 0 Å². The number of carbonyl (C=O) groups excluding carboxylic acids is 1. The number of hydrogen-bond donors (Lipinski definition) is 0. The highest BCUT2D eigenvalue weighted by molar-refractivity contribution is 5.83. The van der Waals surface area contributed by atoms with E-state index in [1.54, 1.807) is 0 Å². The Morgan fingerprint density at radius 2 is 1.95 bits per heavy atom. The first-order chi connectivity index (χ1) is 9.25. The van der Waals surface area contributed by atoms with E-state index in [4.69, 9.17) is 0 Å². The van der Waals surface area contributed by atoms with Crippen molar-refractivity contribution < 1.29 is 4.79 Å². The average molecular weight is 257 g/mol. The van der Waals surface area contributed by atoms with Gasteiger partial charge in [-0.2, -0.15) is 0 Å². The Hall–Kier alpha value is -1.31. The van der Waals surface area contributed by atoms with Crippen LogP contribution in [0.3, 0.4) is 0 Å². The van der Waals surface area contributed by atoms with Crippen LogP contribution >= 0.6 is 0 Å². The van der Waals surface area contributed by atoms with Crippen molar-refractivity contribution >= 4 is 5.91 Å². The number of rotatable bonds is 2. The lowest BCUT2D eigenvalue weighted by Crippen LogP contribution is -2.33. The summed E-state index contributed by atoms with van der Waals surface area (Å²) in [7, 11) is 0. The topological polar surface area (TPSA) is 20.3 Å². The van der Waals surface area contributed by atoms with Gasteiger partial charge in [-0.15, -0.1) is 0 Å². The first-order valence-electron chi connectivity index (χ1n) is 7.59. The van der Waals surface area contributed by atoms with Gasteiger partial charge in [-0.05, 0) is 43.1 Å². The largest absolute Gasteiger partial charge is 0.342 e. The van der Waals surface area contributed by atoms with Crippen LogP contribution in [0.15, 0.2) is 30.3 Å². The molecule has 0 bridgehead atoms. The lowest BCUT2D eigenvalue weighted by molar-refractivity contribution is -0.132. The molecule has 3 atom stereocenters. The van der Waals surface area contributed by atoms with Gasteiger partial charge in [0.15, 0.2) is 0 Å². The number of nitrogens with zero attached hydrogens (tertiary/aromatic N) is 1. The molecule has 1 aliphatic heterocycles. The van der Waals surface area contributed by atoms with Crippen LogP contribution in [0.2, 0.25) is 0 Å². The number of amides is 1. The molecule has 0 aromatic heterocycles. The molecule has 1 aromatic rings. The smallest absolute Gasteiger partial charge is 0.226 e. The third-order valence-corrected chi connectivity index (χ3v) is 4.66. The summed E-state index contributed by atoms with van der Waals surface area (Å²) in [6.45, 7) is 4.25. The summed E-state index contributed by atoms with van der Waals surface area (Å²) in [6, 6.07) is 10.5. The van der Waals surface area contributed by atoms with Crippen molar-refractivity contribution in [1.82, 2.24) is 4.90 Å². The van der Waals surface area contributed by atoms with Gasteiger partial charge in [-0.25, -0.2) is 0 Å². The lowest BCUT2D eigenvalue weighted by Gasteiger charge is -2.20. The normalized spacial score (nSPS) is 30.8. The Morgan fingerprint density at radius 3 is 2.74 bits per heavy atom. The molecule has 2 heteroatoms. The molecule has 1 saturated carbocycles. The maximum Gasteiger partial charge on any atom is 0.226 e. The van der Waals surface area contributed by atoms with E-state index in [9.17, 15) is 4.79 Å². The minimum atomic E-state index is 0.260. The van der Waals surface area contributed by atoms with E-state index in [1.165, 1.54) is 24.8 Å². The zero-order valence-electron chi connectivity index (χ0n) is 11.7. The van der Waals surface area contributed by atoms with E-state index in [0.29, 0.717) is 11.8 Å². The van der Waals surface area contributed by atoms with E-state index in [-0.39, 0.29) is 5.92 Å². The van der Waals surface area contributed by atoms with E-state index < -0.39 is 0 Å². The summed E-state index contributed by atoms with van der Waals surface area (Å²) >= 11 is 0. The van der Waals surface area contributed by atoms with E-state index in [0.717, 1.165) is 25.4 Å². The quantitative estimate of drug-likeness (QED) is 0.794. The van der Waals surface area contributed by atoms with Crippen LogP contribution < -0.4 is 0 Å². The number of benzene rings is 1. The fourth-order valence-corrected chi connectivity index (χ4v) is 3.25. The third kappa shape index (κ3) is 2.83. The summed E-state index contributed by atoms with van der Waals surface area (Å²) in [6.07, 6.45) is 4.68. The van der Waals surface area contributed by atoms with Crippen LogP contribution in [0.25, 0.3) is 0 Å². The monoisotopic (exact) mass is 257 g/mol. The van der Waals surface area contributed by atoms with Crippen molar-refractivity contribution in [2.45, 2.75) is 38.5 Å². The molecule has 1 amide bonds. The Kier molecular flexibility index (Phi) is 3.58. The molecule has 2 fully saturated rings. The predicted molar refractivity (Wildman–Crippen MR) is 76.9 cm³/mol. The van der Waals surface area contributed by atoms with Crippen LogP contribution in [0.1, 0.15) is 44.1 Å². The SMILES string of the molecule is CC1CCCN(C(=O)C2CC2c2ccccc2)CC1. The fraction of sp³-hybridized carbons (Fsp3) is 0.588. The van der Waals surface area contributed by atoms with Crippen LogP contribution in [0.5, 0.6) is 0 Å². The minimum absolute atomic E-state index is 0.260. The summed E-state index contributed by atoms with van der Waals surface area (Å²) in [5.41, 5.74) is 1.34. The molecule has 0 N–H and O–H groups in total. The highest BCUT2D eigenvalue weighted by Gasteiger charge is 2.45. The molecule has 1 aliphatic carbocycles. The van der Waals surface area contributed by atoms with Crippen LogP contribution in [-0.4, -0.2) is 23.9 Å². The Morgan fingerprint density at radius 1 is 1.16 bits per heavy atom. The van der Waals surface area contributed by atoms with Crippen molar-refractivity contribution in [2.75, 3.05) is 13.1 Å². The molecule has 2 nitrogen and oxygen atoms in total. The van der Waals surface area contributed by atoms with Crippen molar-refractivity contribution in [3.05, 3.63) is 35.9 Å². The highest BCUT2D eigenvalue weighted by Crippen LogP contribution is 2.48. The molecule has 19 heavy (non-hydrogen) atoms. The Balaban J connectivity index is 1.60. The van der Waals surface area contributed by atoms with Crippen LogP contribution in [-0.2, 0) is 4.79 Å². The average Bonchev–Trinajstić information content (AvgIpc) is 3.23. The maximum atomic E-state index is 12.5. The second-order valence-corrected chi connectivity index (χ2v) is 6.22. The van der Waals surface area contributed by atoms with E-state index in [2.05, 4.69) is 36.1 Å². The van der Waals surface area contributed by atoms with Crippen molar-refractivity contribution in [3.8, 4) is 0 Å². The van der Waals surface area contributed by atoms with Crippen molar-refractivity contribution in [3.63, 3.8) is 0 Å². The zero-order chi connectivity index (χ0) is 13.2. The van der Waals surface area contributed by atoms with Gasteiger partial charge in [-0.1, -0.05) is 37.3 Å². The van der Waals surface area contributed by atoms with Gasteiger partial charge in [0.1, 0.15) is 0 Å². The number of likely N-dealkylation sites (tertiary alicyclic amines) is 1. The van der Waals surface area contributed by atoms with Crippen LogP contribution in [0.4, 0.5) is 0 Å². The first-order valence-corrected chi connectivity index (χ1v) is 7.59. The fourth-order valence-electron chi connectivity index (χ4n) is 3.25. The van der Waals surface area contributed by atoms with Crippen molar-refractivity contribution in [1.29, 1.82) is 0 Å². The highest BCUT2D eigenvalue weighted by atomic mass is 16.2. The number of carbonyl (C=O) groups is 1. The maximum absolute atomic E-state index is 12.5.